The van der Waals surface area contributed by atoms with Crippen LogP contribution in [0.25, 0.3) is 0 Å². The van der Waals surface area contributed by atoms with Crippen LogP contribution in [0.4, 0.5) is 0 Å². The number of hydrogen-bond donors (Lipinski definition) is 2. The lowest BCUT2D eigenvalue weighted by Gasteiger charge is -2.33. The smallest absolute Gasteiger partial charge is 0.224 e. The molecule has 2 saturated heterocycles. The predicted molar refractivity (Wildman–Crippen MR) is 108 cm³/mol. The molecule has 2 rings (SSSR count). The fraction of sp³-hybridized carbons (Fsp3) is 0.900. The van der Waals surface area contributed by atoms with Gasteiger partial charge in [-0.05, 0) is 52.4 Å². The van der Waals surface area contributed by atoms with Crippen LogP contribution in [0.2, 0.25) is 0 Å². The summed E-state index contributed by atoms with van der Waals surface area (Å²) in [6, 6.07) is 0.378. The Labute approximate surface area is 164 Å². The van der Waals surface area contributed by atoms with E-state index in [0.717, 1.165) is 57.8 Å². The van der Waals surface area contributed by atoms with Crippen molar-refractivity contribution in [3.05, 3.63) is 0 Å². The summed E-state index contributed by atoms with van der Waals surface area (Å²) in [5.74, 6) is 1.02. The van der Waals surface area contributed by atoms with Gasteiger partial charge in [0.1, 0.15) is 0 Å². The van der Waals surface area contributed by atoms with E-state index in [2.05, 4.69) is 22.5 Å². The van der Waals surface area contributed by atoms with Crippen LogP contribution in [0.5, 0.6) is 0 Å². The predicted octanol–water partition coefficient (Wildman–Crippen LogP) is 1.92. The van der Waals surface area contributed by atoms with E-state index in [0.29, 0.717) is 38.8 Å². The molecule has 2 heterocycles. The summed E-state index contributed by atoms with van der Waals surface area (Å²) in [6.45, 7) is 9.49. The molecule has 0 spiro atoms. The van der Waals surface area contributed by atoms with Gasteiger partial charge in [0.15, 0.2) is 5.96 Å². The number of ether oxygens (including phenoxy) is 2. The Morgan fingerprint density at radius 3 is 2.89 bits per heavy atom. The average molecular weight is 383 g/mol. The molecule has 2 fully saturated rings. The van der Waals surface area contributed by atoms with Crippen LogP contribution in [-0.2, 0) is 14.3 Å². The molecule has 2 N–H and O–H groups in total. The quantitative estimate of drug-likeness (QED) is 0.343. The number of guanidine groups is 1. The van der Waals surface area contributed by atoms with Crippen LogP contribution in [0.15, 0.2) is 4.99 Å². The first-order chi connectivity index (χ1) is 13.2. The molecule has 0 aromatic rings. The van der Waals surface area contributed by atoms with Gasteiger partial charge >= 0.3 is 0 Å². The molecular formula is C20H38N4O3. The largest absolute Gasteiger partial charge is 0.379 e. The molecule has 0 aromatic heterocycles. The lowest BCUT2D eigenvalue weighted by Crippen LogP contribution is -2.44. The summed E-state index contributed by atoms with van der Waals surface area (Å²) in [6.07, 6.45) is 7.43. The van der Waals surface area contributed by atoms with Gasteiger partial charge < -0.3 is 25.0 Å². The second-order valence-corrected chi connectivity index (χ2v) is 7.43. The van der Waals surface area contributed by atoms with Crippen LogP contribution < -0.4 is 10.6 Å². The minimum Gasteiger partial charge on any atom is -0.379 e. The highest BCUT2D eigenvalue weighted by Gasteiger charge is 2.22. The molecular weight excluding hydrogens is 344 g/mol. The van der Waals surface area contributed by atoms with Crippen LogP contribution in [0, 0.1) is 0 Å². The standard InChI is InChI=1S/C20H38N4O3/c1-3-21-20(22-11-7-14-26-16-18-9-6-15-27-18)23-12-10-19(25)24-13-5-4-8-17(24)2/h17-18H,3-16H2,1-2H3,(H2,21,22,23). The first-order valence-electron chi connectivity index (χ1n) is 10.7. The molecule has 7 heteroatoms. The zero-order chi connectivity index (χ0) is 19.3. The Balaban J connectivity index is 1.58. The third kappa shape index (κ3) is 8.47. The number of aliphatic imine (C=N–C) groups is 1. The number of rotatable bonds is 10. The maximum Gasteiger partial charge on any atom is 0.224 e. The molecule has 0 aliphatic carbocycles. The number of carbonyl (C=O) groups is 1. The summed E-state index contributed by atoms with van der Waals surface area (Å²) >= 11 is 0. The molecule has 7 nitrogen and oxygen atoms in total. The summed E-state index contributed by atoms with van der Waals surface area (Å²) in [5.41, 5.74) is 0. The van der Waals surface area contributed by atoms with Crippen molar-refractivity contribution in [2.75, 3.05) is 46.0 Å². The third-order valence-electron chi connectivity index (χ3n) is 5.14. The zero-order valence-corrected chi connectivity index (χ0v) is 17.2. The SMILES string of the molecule is CCNC(=NCCCOCC1CCCO1)NCCC(=O)N1CCCCC1C. The minimum atomic E-state index is 0.244. The number of carbonyl (C=O) groups excluding carboxylic acids is 1. The van der Waals surface area contributed by atoms with Crippen LogP contribution >= 0.6 is 0 Å². The van der Waals surface area contributed by atoms with Gasteiger partial charge in [0.25, 0.3) is 0 Å². The second-order valence-electron chi connectivity index (χ2n) is 7.43. The fourth-order valence-corrected chi connectivity index (χ4v) is 3.59. The van der Waals surface area contributed by atoms with Crippen LogP contribution in [0.1, 0.15) is 58.8 Å². The Morgan fingerprint density at radius 2 is 2.15 bits per heavy atom. The van der Waals surface area contributed by atoms with Gasteiger partial charge in [-0.25, -0.2) is 0 Å². The maximum atomic E-state index is 12.4. The normalized spacial score (nSPS) is 23.5. The molecule has 156 valence electrons. The van der Waals surface area contributed by atoms with E-state index >= 15 is 0 Å². The number of amides is 1. The number of nitrogens with one attached hydrogen (secondary N) is 2. The van der Waals surface area contributed by atoms with Gasteiger partial charge in [-0.2, -0.15) is 0 Å². The molecule has 0 aromatic carbocycles. The van der Waals surface area contributed by atoms with E-state index in [9.17, 15) is 4.79 Å². The van der Waals surface area contributed by atoms with Crippen molar-refractivity contribution in [2.45, 2.75) is 70.9 Å². The van der Waals surface area contributed by atoms with Crippen molar-refractivity contribution in [1.82, 2.24) is 15.5 Å². The molecule has 0 radical (unpaired) electrons. The average Bonchev–Trinajstić information content (AvgIpc) is 3.18. The number of piperidine rings is 1. The maximum absolute atomic E-state index is 12.4. The van der Waals surface area contributed by atoms with Crippen LogP contribution in [-0.4, -0.2) is 74.9 Å². The molecule has 0 saturated carbocycles. The van der Waals surface area contributed by atoms with E-state index in [-0.39, 0.29) is 12.0 Å². The molecule has 0 bridgehead atoms. The summed E-state index contributed by atoms with van der Waals surface area (Å²) in [7, 11) is 0. The molecule has 27 heavy (non-hydrogen) atoms. The number of likely N-dealkylation sites (tertiary alicyclic amines) is 1. The molecule has 2 atom stereocenters. The lowest BCUT2D eigenvalue weighted by molar-refractivity contribution is -0.134. The summed E-state index contributed by atoms with van der Waals surface area (Å²) in [5, 5.41) is 6.51. The molecule has 1 amide bonds. The second kappa shape index (κ2) is 12.9. The van der Waals surface area contributed by atoms with Crippen LogP contribution in [0.3, 0.4) is 0 Å². The Hall–Kier alpha value is -1.34. The third-order valence-corrected chi connectivity index (χ3v) is 5.14. The lowest BCUT2D eigenvalue weighted by atomic mass is 10.0. The van der Waals surface area contributed by atoms with Gasteiger partial charge in [-0.3, -0.25) is 9.79 Å². The summed E-state index contributed by atoms with van der Waals surface area (Å²) < 4.78 is 11.2. The zero-order valence-electron chi connectivity index (χ0n) is 17.2. The highest BCUT2D eigenvalue weighted by molar-refractivity contribution is 5.81. The minimum absolute atomic E-state index is 0.244. The van der Waals surface area contributed by atoms with Crippen molar-refractivity contribution < 1.29 is 14.3 Å². The Morgan fingerprint density at radius 1 is 1.26 bits per heavy atom. The van der Waals surface area contributed by atoms with Crippen molar-refractivity contribution >= 4 is 11.9 Å². The van der Waals surface area contributed by atoms with E-state index in [1.807, 2.05) is 11.8 Å². The van der Waals surface area contributed by atoms with Gasteiger partial charge in [0.05, 0.1) is 12.7 Å². The van der Waals surface area contributed by atoms with Crippen molar-refractivity contribution in [3.63, 3.8) is 0 Å². The van der Waals surface area contributed by atoms with E-state index < -0.39 is 0 Å². The number of nitrogens with zero attached hydrogens (tertiary/aromatic N) is 2. The van der Waals surface area contributed by atoms with E-state index in [4.69, 9.17) is 9.47 Å². The molecule has 2 aliphatic heterocycles. The van der Waals surface area contributed by atoms with E-state index in [1.54, 1.807) is 0 Å². The summed E-state index contributed by atoms with van der Waals surface area (Å²) in [4.78, 5) is 19.0. The van der Waals surface area contributed by atoms with Gasteiger partial charge in [0, 0.05) is 51.9 Å². The fourth-order valence-electron chi connectivity index (χ4n) is 3.59. The van der Waals surface area contributed by atoms with Gasteiger partial charge in [0.2, 0.25) is 5.91 Å². The van der Waals surface area contributed by atoms with Crippen molar-refractivity contribution in [2.24, 2.45) is 4.99 Å². The Bertz CT molecular complexity index is 453. The van der Waals surface area contributed by atoms with Crippen molar-refractivity contribution in [1.29, 1.82) is 0 Å². The molecule has 2 aliphatic rings. The first kappa shape index (κ1) is 22.0. The van der Waals surface area contributed by atoms with Gasteiger partial charge in [-0.1, -0.05) is 0 Å². The van der Waals surface area contributed by atoms with Gasteiger partial charge in [-0.15, -0.1) is 0 Å². The van der Waals surface area contributed by atoms with E-state index in [1.165, 1.54) is 6.42 Å². The topological polar surface area (TPSA) is 75.2 Å². The highest BCUT2D eigenvalue weighted by atomic mass is 16.5. The highest BCUT2D eigenvalue weighted by Crippen LogP contribution is 2.17. The monoisotopic (exact) mass is 382 g/mol. The first-order valence-corrected chi connectivity index (χ1v) is 10.7. The van der Waals surface area contributed by atoms with Crippen molar-refractivity contribution in [3.8, 4) is 0 Å². The Kier molecular flexibility index (Phi) is 10.5. The number of hydrogen-bond acceptors (Lipinski definition) is 4. The molecule has 2 unspecified atom stereocenters.